The van der Waals surface area contributed by atoms with Crippen molar-refractivity contribution in [1.82, 2.24) is 4.90 Å². The normalized spacial score (nSPS) is 14.8. The number of rotatable bonds is 22. The second-order valence-electron chi connectivity index (χ2n) is 10.3. The Morgan fingerprint density at radius 2 is 1.22 bits per heavy atom. The monoisotopic (exact) mass is 449 g/mol. The average Bonchev–Trinajstić information content (AvgIpc) is 3.20. The molecule has 3 heteroatoms. The summed E-state index contributed by atoms with van der Waals surface area (Å²) in [5.41, 5.74) is 0. The molecule has 1 saturated heterocycles. The smallest absolute Gasteiger partial charge is 0.226 e. The van der Waals surface area contributed by atoms with Crippen molar-refractivity contribution in [1.29, 1.82) is 0 Å². The van der Waals surface area contributed by atoms with Crippen LogP contribution in [-0.2, 0) is 4.79 Å². The topological polar surface area (TPSA) is 20.3 Å². The van der Waals surface area contributed by atoms with Gasteiger partial charge in [-0.1, -0.05) is 104 Å². The van der Waals surface area contributed by atoms with Gasteiger partial charge in [0.2, 0.25) is 5.91 Å². The van der Waals surface area contributed by atoms with Gasteiger partial charge in [0, 0.05) is 13.0 Å². The lowest BCUT2D eigenvalue weighted by Gasteiger charge is -2.38. The number of nitrogens with zero attached hydrogens (tertiary/aromatic N) is 2. The molecule has 0 N–H and O–H groups in total. The van der Waals surface area contributed by atoms with Crippen molar-refractivity contribution in [3.63, 3.8) is 0 Å². The van der Waals surface area contributed by atoms with Crippen LogP contribution in [0.5, 0.6) is 0 Å². The largest absolute Gasteiger partial charge is 0.295 e. The number of hydrogen-bond donors (Lipinski definition) is 0. The second kappa shape index (κ2) is 19.6. The summed E-state index contributed by atoms with van der Waals surface area (Å²) < 4.78 is 0.992. The van der Waals surface area contributed by atoms with Crippen molar-refractivity contribution in [3.8, 4) is 0 Å². The first-order valence-corrected chi connectivity index (χ1v) is 14.5. The molecule has 3 nitrogen and oxygen atoms in total. The fraction of sp³-hybridized carbons (Fsp3) is 0.897. The van der Waals surface area contributed by atoms with Gasteiger partial charge in [-0.25, -0.2) is 0 Å². The zero-order chi connectivity index (χ0) is 23.3. The Bertz CT molecular complexity index is 466. The lowest BCUT2D eigenvalue weighted by Crippen LogP contribution is -2.52. The molecule has 0 unspecified atom stereocenters. The molecule has 0 aromatic heterocycles. The molecule has 0 aliphatic carbocycles. The first-order chi connectivity index (χ1) is 15.7. The summed E-state index contributed by atoms with van der Waals surface area (Å²) in [6, 6.07) is 0. The quantitative estimate of drug-likeness (QED) is 0.120. The van der Waals surface area contributed by atoms with E-state index in [2.05, 4.69) is 37.9 Å². The van der Waals surface area contributed by atoms with Gasteiger partial charge in [-0.3, -0.25) is 14.2 Å². The Hall–Kier alpha value is -0.830. The second-order valence-corrected chi connectivity index (χ2v) is 10.3. The van der Waals surface area contributed by atoms with Crippen molar-refractivity contribution in [2.75, 3.05) is 26.3 Å². The first-order valence-electron chi connectivity index (χ1n) is 14.5. The van der Waals surface area contributed by atoms with E-state index in [1.807, 2.05) is 0 Å². The summed E-state index contributed by atoms with van der Waals surface area (Å²) >= 11 is 0. The van der Waals surface area contributed by atoms with Gasteiger partial charge >= 0.3 is 0 Å². The van der Waals surface area contributed by atoms with Crippen molar-refractivity contribution >= 4 is 5.91 Å². The number of unbranched alkanes of at least 4 members (excludes halogenated alkanes) is 14. The van der Waals surface area contributed by atoms with Crippen LogP contribution in [0.3, 0.4) is 0 Å². The van der Waals surface area contributed by atoms with Crippen LogP contribution in [0.2, 0.25) is 0 Å². The fourth-order valence-electron chi connectivity index (χ4n) is 4.99. The lowest BCUT2D eigenvalue weighted by molar-refractivity contribution is -0.888. The van der Waals surface area contributed by atoms with Crippen molar-refractivity contribution in [2.24, 2.45) is 0 Å². The summed E-state index contributed by atoms with van der Waals surface area (Å²) in [7, 11) is 0. The molecular formula is C29H57N2O+. The van der Waals surface area contributed by atoms with Crippen LogP contribution >= 0.6 is 0 Å². The van der Waals surface area contributed by atoms with Crippen LogP contribution in [0, 0.1) is 0 Å². The number of hydrogen-bond acceptors (Lipinski definition) is 1. The van der Waals surface area contributed by atoms with Crippen LogP contribution < -0.4 is 0 Å². The van der Waals surface area contributed by atoms with Gasteiger partial charge in [0.1, 0.15) is 0 Å². The SMILES string of the molecule is CCCCCCCCCCCCCCC=C[N+](CCCC)(CCCC)CN1CCCC1=O. The van der Waals surface area contributed by atoms with E-state index in [4.69, 9.17) is 0 Å². The van der Waals surface area contributed by atoms with E-state index in [0.717, 1.165) is 30.5 Å². The van der Waals surface area contributed by atoms with E-state index in [0.29, 0.717) is 5.91 Å². The minimum Gasteiger partial charge on any atom is -0.295 e. The molecule has 0 aromatic carbocycles. The summed E-state index contributed by atoms with van der Waals surface area (Å²) in [6.07, 6.45) is 29.8. The van der Waals surface area contributed by atoms with Crippen LogP contribution in [0.4, 0.5) is 0 Å². The Morgan fingerprint density at radius 1 is 0.719 bits per heavy atom. The van der Waals surface area contributed by atoms with Crippen molar-refractivity contribution < 1.29 is 9.28 Å². The highest BCUT2D eigenvalue weighted by Gasteiger charge is 2.31. The maximum Gasteiger partial charge on any atom is 0.226 e. The molecule has 1 amide bonds. The van der Waals surface area contributed by atoms with E-state index in [9.17, 15) is 4.79 Å². The maximum atomic E-state index is 12.3. The van der Waals surface area contributed by atoms with Gasteiger partial charge in [0.25, 0.3) is 0 Å². The molecular weight excluding hydrogens is 392 g/mol. The third-order valence-electron chi connectivity index (χ3n) is 7.18. The molecule has 0 radical (unpaired) electrons. The highest BCUT2D eigenvalue weighted by atomic mass is 16.2. The van der Waals surface area contributed by atoms with Gasteiger partial charge in [0.05, 0.1) is 19.3 Å². The molecule has 32 heavy (non-hydrogen) atoms. The molecule has 0 spiro atoms. The Morgan fingerprint density at radius 3 is 1.69 bits per heavy atom. The number of amides is 1. The van der Waals surface area contributed by atoms with Gasteiger partial charge in [0.15, 0.2) is 6.67 Å². The third kappa shape index (κ3) is 13.7. The van der Waals surface area contributed by atoms with E-state index in [-0.39, 0.29) is 0 Å². The molecule has 0 atom stereocenters. The minimum absolute atomic E-state index is 0.370. The van der Waals surface area contributed by atoms with E-state index in [1.165, 1.54) is 122 Å². The number of allylic oxidation sites excluding steroid dienone is 1. The van der Waals surface area contributed by atoms with Crippen molar-refractivity contribution in [3.05, 3.63) is 12.3 Å². The average molecular weight is 450 g/mol. The number of carbonyl (C=O) groups is 1. The molecule has 1 fully saturated rings. The van der Waals surface area contributed by atoms with Crippen molar-refractivity contribution in [2.45, 2.75) is 143 Å². The van der Waals surface area contributed by atoms with Crippen LogP contribution in [0.25, 0.3) is 0 Å². The Labute approximate surface area is 201 Å². The Kier molecular flexibility index (Phi) is 17.9. The van der Waals surface area contributed by atoms with Crippen LogP contribution in [0.1, 0.15) is 143 Å². The van der Waals surface area contributed by atoms with E-state index in [1.54, 1.807) is 0 Å². The molecule has 0 aromatic rings. The summed E-state index contributed by atoms with van der Waals surface area (Å²) in [5.74, 6) is 0.370. The number of carbonyl (C=O) groups excluding carboxylic acids is 1. The molecule has 0 saturated carbocycles. The maximum absolute atomic E-state index is 12.3. The fourth-order valence-corrected chi connectivity index (χ4v) is 4.99. The van der Waals surface area contributed by atoms with E-state index >= 15 is 0 Å². The molecule has 1 aliphatic rings. The molecule has 188 valence electrons. The zero-order valence-corrected chi connectivity index (χ0v) is 22.2. The molecule has 1 rings (SSSR count). The standard InChI is InChI=1S/C29H57N2O/c1-4-7-10-11-12-13-14-15-16-17-18-19-20-21-27-31(25-8-5-2,26-9-6-3)28-30-24-22-23-29(30)32/h21,27H,4-20,22-26,28H2,1-3H3/q+1. The van der Waals surface area contributed by atoms with Gasteiger partial charge in [-0.05, 0) is 38.2 Å². The van der Waals surface area contributed by atoms with E-state index < -0.39 is 0 Å². The zero-order valence-electron chi connectivity index (χ0n) is 22.2. The Balaban J connectivity index is 2.30. The summed E-state index contributed by atoms with van der Waals surface area (Å²) in [6.45, 7) is 11.1. The summed E-state index contributed by atoms with van der Waals surface area (Å²) in [4.78, 5) is 14.4. The highest BCUT2D eigenvalue weighted by Crippen LogP contribution is 2.20. The first kappa shape index (κ1) is 29.2. The number of quaternary nitrogens is 1. The van der Waals surface area contributed by atoms with Gasteiger partial charge in [-0.15, -0.1) is 0 Å². The minimum atomic E-state index is 0.370. The predicted octanol–water partition coefficient (Wildman–Crippen LogP) is 8.59. The molecule has 0 bridgehead atoms. The number of likely N-dealkylation sites (tertiary alicyclic amines) is 1. The van der Waals surface area contributed by atoms with Gasteiger partial charge in [-0.2, -0.15) is 0 Å². The molecule has 1 aliphatic heterocycles. The highest BCUT2D eigenvalue weighted by molar-refractivity contribution is 5.77. The molecule has 1 heterocycles. The van der Waals surface area contributed by atoms with Gasteiger partial charge < -0.3 is 0 Å². The summed E-state index contributed by atoms with van der Waals surface area (Å²) in [5, 5.41) is 0. The van der Waals surface area contributed by atoms with Crippen LogP contribution in [0.15, 0.2) is 12.3 Å². The predicted molar refractivity (Wildman–Crippen MR) is 140 cm³/mol. The third-order valence-corrected chi connectivity index (χ3v) is 7.18. The van der Waals surface area contributed by atoms with Crippen LogP contribution in [-0.4, -0.2) is 41.6 Å². The lowest BCUT2D eigenvalue weighted by atomic mass is 10.0.